The van der Waals surface area contributed by atoms with Crippen LogP contribution in [0.2, 0.25) is 5.02 Å². The fourth-order valence-electron chi connectivity index (χ4n) is 3.11. The predicted octanol–water partition coefficient (Wildman–Crippen LogP) is 6.70. The molecule has 0 unspecified atom stereocenters. The number of nitrogens with one attached hydrogen (secondary N) is 1. The van der Waals surface area contributed by atoms with Gasteiger partial charge in [0.25, 0.3) is 0 Å². The molecule has 4 aromatic rings. The van der Waals surface area contributed by atoms with Crippen LogP contribution in [0.4, 0.5) is 5.69 Å². The number of carbonyl (C=O) groups is 1. The largest absolute Gasteiger partial charge is 0.325 e. The molecule has 0 aliphatic carbocycles. The summed E-state index contributed by atoms with van der Waals surface area (Å²) in [6.45, 7) is 4.15. The maximum Gasteiger partial charge on any atom is 0.234 e. The summed E-state index contributed by atoms with van der Waals surface area (Å²) in [5.41, 5.74) is 4.96. The van der Waals surface area contributed by atoms with Gasteiger partial charge in [0, 0.05) is 20.7 Å². The maximum absolute atomic E-state index is 12.5. The van der Waals surface area contributed by atoms with Gasteiger partial charge in [0.05, 0.1) is 11.4 Å². The number of hydrogen-bond donors (Lipinski definition) is 1. The zero-order chi connectivity index (χ0) is 22.7. The quantitative estimate of drug-likeness (QED) is 0.284. The van der Waals surface area contributed by atoms with Crippen LogP contribution in [0.15, 0.2) is 76.4 Å². The Balaban J connectivity index is 1.62. The van der Waals surface area contributed by atoms with E-state index in [1.807, 2.05) is 59.2 Å². The van der Waals surface area contributed by atoms with Crippen LogP contribution >= 0.6 is 39.3 Å². The van der Waals surface area contributed by atoms with Crippen LogP contribution in [0, 0.1) is 13.8 Å². The minimum Gasteiger partial charge on any atom is -0.325 e. The highest BCUT2D eigenvalue weighted by Gasteiger charge is 2.18. The van der Waals surface area contributed by atoms with Crippen molar-refractivity contribution in [3.05, 3.63) is 87.4 Å². The Morgan fingerprint density at radius 2 is 1.72 bits per heavy atom. The van der Waals surface area contributed by atoms with E-state index >= 15 is 0 Å². The molecule has 32 heavy (non-hydrogen) atoms. The molecule has 0 radical (unpaired) electrons. The lowest BCUT2D eigenvalue weighted by Gasteiger charge is -2.12. The molecule has 0 spiro atoms. The van der Waals surface area contributed by atoms with Crippen molar-refractivity contribution in [2.75, 3.05) is 11.1 Å². The van der Waals surface area contributed by atoms with Crippen molar-refractivity contribution in [2.24, 2.45) is 0 Å². The third-order valence-electron chi connectivity index (χ3n) is 4.94. The van der Waals surface area contributed by atoms with Crippen LogP contribution in [-0.2, 0) is 4.79 Å². The Morgan fingerprint density at radius 3 is 2.41 bits per heavy atom. The van der Waals surface area contributed by atoms with Crippen LogP contribution in [-0.4, -0.2) is 26.4 Å². The van der Waals surface area contributed by atoms with Crippen LogP contribution in [0.1, 0.15) is 11.1 Å². The smallest absolute Gasteiger partial charge is 0.234 e. The van der Waals surface area contributed by atoms with Crippen molar-refractivity contribution >= 4 is 50.9 Å². The predicted molar refractivity (Wildman–Crippen MR) is 135 cm³/mol. The number of aryl methyl sites for hydroxylation is 2. The molecule has 0 saturated heterocycles. The Morgan fingerprint density at radius 1 is 1.00 bits per heavy atom. The van der Waals surface area contributed by atoms with E-state index in [2.05, 4.69) is 57.4 Å². The number of benzene rings is 3. The molecular formula is C24H20BrClN4OS. The Hall–Kier alpha value is -2.61. The van der Waals surface area contributed by atoms with Gasteiger partial charge < -0.3 is 5.32 Å². The lowest BCUT2D eigenvalue weighted by Crippen LogP contribution is -2.14. The molecule has 0 atom stereocenters. The fraction of sp³-hybridized carbons (Fsp3) is 0.125. The second-order valence-corrected chi connectivity index (χ2v) is 9.56. The van der Waals surface area contributed by atoms with Crippen molar-refractivity contribution in [2.45, 2.75) is 19.0 Å². The first-order valence-electron chi connectivity index (χ1n) is 9.88. The molecule has 3 aromatic carbocycles. The number of hydrogen-bond acceptors (Lipinski definition) is 4. The summed E-state index contributed by atoms with van der Waals surface area (Å²) in [5, 5.41) is 13.0. The number of rotatable bonds is 6. The van der Waals surface area contributed by atoms with Crippen LogP contribution in [0.5, 0.6) is 0 Å². The maximum atomic E-state index is 12.5. The van der Waals surface area contributed by atoms with E-state index in [0.29, 0.717) is 16.0 Å². The Bertz CT molecular complexity index is 1260. The molecule has 1 N–H and O–H groups in total. The average Bonchev–Trinajstić information content (AvgIpc) is 3.20. The molecule has 1 heterocycles. The van der Waals surface area contributed by atoms with Crippen molar-refractivity contribution in [3.63, 3.8) is 0 Å². The number of thioether (sulfide) groups is 1. The molecule has 0 fully saturated rings. The molecule has 0 bridgehead atoms. The number of carbonyl (C=O) groups excluding carboxylic acids is 1. The van der Waals surface area contributed by atoms with Crippen molar-refractivity contribution in [1.29, 1.82) is 0 Å². The lowest BCUT2D eigenvalue weighted by atomic mass is 10.1. The molecule has 4 rings (SSSR count). The minimum atomic E-state index is -0.111. The van der Waals surface area contributed by atoms with Gasteiger partial charge in [0.1, 0.15) is 0 Å². The first kappa shape index (κ1) is 22.6. The van der Waals surface area contributed by atoms with Crippen LogP contribution in [0.25, 0.3) is 17.1 Å². The monoisotopic (exact) mass is 526 g/mol. The minimum absolute atomic E-state index is 0.111. The van der Waals surface area contributed by atoms with Crippen molar-refractivity contribution in [3.8, 4) is 17.1 Å². The van der Waals surface area contributed by atoms with Gasteiger partial charge in [-0.25, -0.2) is 0 Å². The number of nitrogens with zero attached hydrogens (tertiary/aromatic N) is 3. The zero-order valence-electron chi connectivity index (χ0n) is 17.5. The van der Waals surface area contributed by atoms with Crippen molar-refractivity contribution in [1.82, 2.24) is 14.8 Å². The lowest BCUT2D eigenvalue weighted by molar-refractivity contribution is -0.113. The van der Waals surface area contributed by atoms with E-state index in [1.54, 1.807) is 0 Å². The summed E-state index contributed by atoms with van der Waals surface area (Å²) in [6, 6.07) is 21.2. The van der Waals surface area contributed by atoms with Crippen molar-refractivity contribution < 1.29 is 4.79 Å². The summed E-state index contributed by atoms with van der Waals surface area (Å²) < 4.78 is 2.94. The van der Waals surface area contributed by atoms with Crippen LogP contribution < -0.4 is 5.32 Å². The molecule has 162 valence electrons. The second kappa shape index (κ2) is 9.90. The third-order valence-corrected chi connectivity index (χ3v) is 6.65. The first-order chi connectivity index (χ1) is 15.4. The normalized spacial score (nSPS) is 10.9. The highest BCUT2D eigenvalue weighted by molar-refractivity contribution is 9.10. The molecule has 0 aliphatic rings. The Labute approximate surface area is 204 Å². The fourth-order valence-corrected chi connectivity index (χ4v) is 4.25. The number of halogens is 2. The van der Waals surface area contributed by atoms with E-state index in [4.69, 9.17) is 11.6 Å². The molecule has 8 heteroatoms. The number of amides is 1. The molecule has 5 nitrogen and oxygen atoms in total. The standard InChI is InChI=1S/C24H20BrClN4OS/c1-15-3-12-21(13-16(15)2)30-23(17-4-8-19(26)9-5-17)28-29-24(30)32-14-22(31)27-20-10-6-18(25)7-11-20/h3-13H,14H2,1-2H3,(H,27,31). The van der Waals surface area contributed by atoms with Gasteiger partial charge in [-0.2, -0.15) is 0 Å². The second-order valence-electron chi connectivity index (χ2n) is 7.26. The zero-order valence-corrected chi connectivity index (χ0v) is 20.6. The van der Waals surface area contributed by atoms with Gasteiger partial charge in [-0.05, 0) is 85.6 Å². The summed E-state index contributed by atoms with van der Waals surface area (Å²) in [4.78, 5) is 12.5. The Kier molecular flexibility index (Phi) is 6.98. The van der Waals surface area contributed by atoms with E-state index in [1.165, 1.54) is 22.9 Å². The number of aromatic nitrogens is 3. The van der Waals surface area contributed by atoms with Gasteiger partial charge in [-0.3, -0.25) is 9.36 Å². The van der Waals surface area contributed by atoms with E-state index < -0.39 is 0 Å². The highest BCUT2D eigenvalue weighted by Crippen LogP contribution is 2.29. The van der Waals surface area contributed by atoms with E-state index in [-0.39, 0.29) is 11.7 Å². The molecule has 1 aromatic heterocycles. The third kappa shape index (κ3) is 5.23. The molecular weight excluding hydrogens is 508 g/mol. The topological polar surface area (TPSA) is 59.8 Å². The molecule has 0 saturated carbocycles. The molecule has 0 aliphatic heterocycles. The van der Waals surface area contributed by atoms with E-state index in [0.717, 1.165) is 21.4 Å². The van der Waals surface area contributed by atoms with Gasteiger partial charge in [-0.15, -0.1) is 10.2 Å². The van der Waals surface area contributed by atoms with Gasteiger partial charge in [-0.1, -0.05) is 45.4 Å². The summed E-state index contributed by atoms with van der Waals surface area (Å²) in [6.07, 6.45) is 0. The summed E-state index contributed by atoms with van der Waals surface area (Å²) in [5.74, 6) is 0.792. The van der Waals surface area contributed by atoms with Gasteiger partial charge in [0.2, 0.25) is 5.91 Å². The highest BCUT2D eigenvalue weighted by atomic mass is 79.9. The van der Waals surface area contributed by atoms with Crippen LogP contribution in [0.3, 0.4) is 0 Å². The summed E-state index contributed by atoms with van der Waals surface area (Å²) >= 11 is 10.8. The van der Waals surface area contributed by atoms with Gasteiger partial charge >= 0.3 is 0 Å². The SMILES string of the molecule is Cc1ccc(-n2c(SCC(=O)Nc3ccc(Br)cc3)nnc2-c2ccc(Cl)cc2)cc1C. The number of anilines is 1. The van der Waals surface area contributed by atoms with Gasteiger partial charge in [0.15, 0.2) is 11.0 Å². The molecule has 1 amide bonds. The average molecular weight is 528 g/mol. The first-order valence-corrected chi connectivity index (χ1v) is 12.0. The van der Waals surface area contributed by atoms with E-state index in [9.17, 15) is 4.79 Å². The summed E-state index contributed by atoms with van der Waals surface area (Å²) in [7, 11) is 0.